The topological polar surface area (TPSA) is 112 Å². The molecule has 0 radical (unpaired) electrons. The first-order chi connectivity index (χ1) is 22.3. The molecular formula is C36H50N4O6Si. The van der Waals surface area contributed by atoms with E-state index in [0.29, 0.717) is 40.8 Å². The van der Waals surface area contributed by atoms with Gasteiger partial charge in [-0.1, -0.05) is 77.9 Å². The van der Waals surface area contributed by atoms with Crippen LogP contribution in [0.15, 0.2) is 77.7 Å². The van der Waals surface area contributed by atoms with E-state index in [9.17, 15) is 14.4 Å². The number of esters is 1. The van der Waals surface area contributed by atoms with Crippen LogP contribution < -0.4 is 11.0 Å². The lowest BCUT2D eigenvalue weighted by atomic mass is 10.0. The largest absolute Gasteiger partial charge is 0.459 e. The van der Waals surface area contributed by atoms with Crippen molar-refractivity contribution < 1.29 is 23.5 Å². The van der Waals surface area contributed by atoms with Gasteiger partial charge in [-0.15, -0.1) is 0 Å². The lowest BCUT2D eigenvalue weighted by molar-refractivity contribution is -0.217. The summed E-state index contributed by atoms with van der Waals surface area (Å²) in [4.78, 5) is 45.7. The molecule has 0 bridgehead atoms. The van der Waals surface area contributed by atoms with Gasteiger partial charge in [-0.05, 0) is 60.8 Å². The Hall–Kier alpha value is -3.64. The van der Waals surface area contributed by atoms with Gasteiger partial charge in [-0.25, -0.2) is 9.59 Å². The molecule has 1 amide bonds. The Kier molecular flexibility index (Phi) is 11.9. The lowest BCUT2D eigenvalue weighted by Crippen LogP contribution is -2.62. The number of hydrogen-bond donors (Lipinski definition) is 1. The fourth-order valence-corrected chi connectivity index (χ4v) is 12.3. The van der Waals surface area contributed by atoms with Crippen LogP contribution in [-0.4, -0.2) is 72.6 Å². The van der Waals surface area contributed by atoms with Crippen molar-refractivity contribution in [1.82, 2.24) is 14.5 Å². The Balaban J connectivity index is 1.68. The molecular weight excluding hydrogens is 613 g/mol. The Morgan fingerprint density at radius 3 is 2.00 bits per heavy atom. The number of nitrogens with zero attached hydrogens (tertiary/aromatic N) is 3. The van der Waals surface area contributed by atoms with Gasteiger partial charge in [0.15, 0.2) is 14.5 Å². The first-order valence-electron chi connectivity index (χ1n) is 16.5. The van der Waals surface area contributed by atoms with Gasteiger partial charge in [-0.3, -0.25) is 14.3 Å². The molecule has 1 aromatic heterocycles. The first-order valence-corrected chi connectivity index (χ1v) is 18.7. The number of nitrogens with one attached hydrogen (secondary N) is 1. The molecule has 3 aromatic rings. The summed E-state index contributed by atoms with van der Waals surface area (Å²) in [6.07, 6.45) is 0.832. The van der Waals surface area contributed by atoms with Crippen molar-refractivity contribution in [2.24, 2.45) is 0 Å². The highest BCUT2D eigenvalue weighted by Crippen LogP contribution is 2.43. The number of ether oxygens (including phenoxy) is 2. The monoisotopic (exact) mass is 662 g/mol. The van der Waals surface area contributed by atoms with E-state index in [1.807, 2.05) is 12.1 Å². The molecule has 0 spiro atoms. The summed E-state index contributed by atoms with van der Waals surface area (Å²) in [7, 11) is -2.35. The summed E-state index contributed by atoms with van der Waals surface area (Å²) in [6.45, 7) is 18.5. The van der Waals surface area contributed by atoms with E-state index in [4.69, 9.17) is 13.9 Å². The molecule has 2 heterocycles. The van der Waals surface area contributed by atoms with E-state index in [2.05, 4.69) is 70.6 Å². The number of amides is 1. The average Bonchev–Trinajstić information content (AvgIpc) is 3.04. The number of aromatic nitrogens is 2. The second kappa shape index (κ2) is 15.5. The molecule has 10 nitrogen and oxygen atoms in total. The molecule has 1 aliphatic heterocycles. The van der Waals surface area contributed by atoms with Crippen LogP contribution in [0.1, 0.15) is 82.3 Å². The highest BCUT2D eigenvalue weighted by Gasteiger charge is 2.50. The van der Waals surface area contributed by atoms with Gasteiger partial charge in [0.25, 0.3) is 5.91 Å². The molecule has 1 aliphatic rings. The van der Waals surface area contributed by atoms with Crippen LogP contribution in [-0.2, 0) is 13.9 Å². The lowest BCUT2D eigenvalue weighted by Gasteiger charge is -2.50. The fourth-order valence-electron chi connectivity index (χ4n) is 6.83. The molecule has 1 N–H and O–H groups in total. The first kappa shape index (κ1) is 36.2. The fraction of sp³-hybridized carbons (Fsp3) is 0.500. The number of rotatable bonds is 13. The van der Waals surface area contributed by atoms with Crippen molar-refractivity contribution in [3.8, 4) is 0 Å². The zero-order valence-corrected chi connectivity index (χ0v) is 29.9. The van der Waals surface area contributed by atoms with Gasteiger partial charge in [0.05, 0.1) is 12.2 Å². The molecule has 254 valence electrons. The standard InChI is InChI=1S/C36H50N4O6Si/c1-25(2)39-21-32(40-20-19-31(38-35(40)43)37-33(41)29-15-11-9-12-16-29)46-36(22-39,23-44-34(42)30-17-13-10-14-18-30)24-45-47(26(3)4,27(5)6)28(7)8/h9-20,25-28,32H,21-24H2,1-8H3,(H,37,38,41,43)/t32-,36+/m1/s1. The minimum absolute atomic E-state index is 0.0629. The van der Waals surface area contributed by atoms with E-state index in [-0.39, 0.29) is 31.0 Å². The maximum Gasteiger partial charge on any atom is 0.351 e. The van der Waals surface area contributed by atoms with Gasteiger partial charge in [0.1, 0.15) is 18.0 Å². The highest BCUT2D eigenvalue weighted by molar-refractivity contribution is 6.77. The minimum atomic E-state index is -2.35. The van der Waals surface area contributed by atoms with E-state index in [1.54, 1.807) is 60.8 Å². The molecule has 1 fully saturated rings. The molecule has 1 saturated heterocycles. The summed E-state index contributed by atoms with van der Waals surface area (Å²) >= 11 is 0. The van der Waals surface area contributed by atoms with Crippen molar-refractivity contribution in [3.63, 3.8) is 0 Å². The van der Waals surface area contributed by atoms with Crippen molar-refractivity contribution in [2.75, 3.05) is 31.6 Å². The zero-order chi connectivity index (χ0) is 34.4. The van der Waals surface area contributed by atoms with E-state index in [1.165, 1.54) is 4.57 Å². The quantitative estimate of drug-likeness (QED) is 0.163. The smallest absolute Gasteiger partial charge is 0.351 e. The maximum atomic E-state index is 13.5. The molecule has 2 aromatic carbocycles. The average molecular weight is 663 g/mol. The van der Waals surface area contributed by atoms with Gasteiger partial charge in [0, 0.05) is 30.9 Å². The Morgan fingerprint density at radius 1 is 0.894 bits per heavy atom. The molecule has 47 heavy (non-hydrogen) atoms. The maximum absolute atomic E-state index is 13.5. The van der Waals surface area contributed by atoms with E-state index in [0.717, 1.165) is 0 Å². The second-order valence-electron chi connectivity index (χ2n) is 13.6. The predicted octanol–water partition coefficient (Wildman–Crippen LogP) is 6.52. The van der Waals surface area contributed by atoms with Gasteiger partial charge < -0.3 is 19.2 Å². The Morgan fingerprint density at radius 2 is 1.47 bits per heavy atom. The van der Waals surface area contributed by atoms with Crippen molar-refractivity contribution in [2.45, 2.75) is 89.9 Å². The summed E-state index contributed by atoms with van der Waals surface area (Å²) in [5, 5.41) is 2.70. The number of hydrogen-bond acceptors (Lipinski definition) is 8. The molecule has 2 atom stereocenters. The number of carbonyl (C=O) groups is 2. The SMILES string of the molecule is CC(C)N1C[C@H](n2ccc(NC(=O)c3ccccc3)nc2=O)O[C@@](COC(=O)c2ccccc2)(CO[Si](C(C)C)(C(C)C)C(C)C)C1. The van der Waals surface area contributed by atoms with Crippen molar-refractivity contribution in [3.05, 3.63) is 94.5 Å². The van der Waals surface area contributed by atoms with Crippen LogP contribution in [0.25, 0.3) is 0 Å². The third kappa shape index (κ3) is 8.45. The summed E-state index contributed by atoms with van der Waals surface area (Å²) in [6, 6.07) is 19.3. The van der Waals surface area contributed by atoms with Crippen LogP contribution >= 0.6 is 0 Å². The molecule has 0 aliphatic carbocycles. The van der Waals surface area contributed by atoms with Crippen LogP contribution in [0.5, 0.6) is 0 Å². The normalized spacial score (nSPS) is 19.0. The van der Waals surface area contributed by atoms with E-state index >= 15 is 0 Å². The second-order valence-corrected chi connectivity index (χ2v) is 19.1. The van der Waals surface area contributed by atoms with Crippen molar-refractivity contribution in [1.29, 1.82) is 0 Å². The summed E-state index contributed by atoms with van der Waals surface area (Å²) < 4.78 is 21.3. The number of anilines is 1. The number of benzene rings is 2. The van der Waals surface area contributed by atoms with Crippen LogP contribution in [0.4, 0.5) is 5.82 Å². The van der Waals surface area contributed by atoms with Gasteiger partial charge >= 0.3 is 11.7 Å². The molecule has 0 saturated carbocycles. The minimum Gasteiger partial charge on any atom is -0.459 e. The zero-order valence-electron chi connectivity index (χ0n) is 28.9. The summed E-state index contributed by atoms with van der Waals surface area (Å²) in [5.74, 6) is -0.673. The van der Waals surface area contributed by atoms with Crippen molar-refractivity contribution >= 4 is 26.0 Å². The van der Waals surface area contributed by atoms with E-state index < -0.39 is 31.8 Å². The highest BCUT2D eigenvalue weighted by atomic mass is 28.4. The summed E-state index contributed by atoms with van der Waals surface area (Å²) in [5.41, 5.74) is 0.250. The van der Waals surface area contributed by atoms with Gasteiger partial charge in [-0.2, -0.15) is 4.98 Å². The third-order valence-corrected chi connectivity index (χ3v) is 15.2. The van der Waals surface area contributed by atoms with Gasteiger partial charge in [0.2, 0.25) is 0 Å². The predicted molar refractivity (Wildman–Crippen MR) is 186 cm³/mol. The molecule has 0 unspecified atom stereocenters. The molecule has 11 heteroatoms. The Bertz CT molecular complexity index is 1520. The number of carbonyl (C=O) groups excluding carboxylic acids is 2. The molecule has 4 rings (SSSR count). The van der Waals surface area contributed by atoms with Crippen LogP contribution in [0.2, 0.25) is 16.6 Å². The Labute approximate surface area is 279 Å². The number of morpholine rings is 1. The van der Waals surface area contributed by atoms with Crippen LogP contribution in [0.3, 0.4) is 0 Å². The third-order valence-electron chi connectivity index (χ3n) is 9.18. The van der Waals surface area contributed by atoms with Crippen LogP contribution in [0, 0.1) is 0 Å².